The molecule has 0 radical (unpaired) electrons. The molecule has 0 aromatic rings. The topological polar surface area (TPSA) is 49.4 Å². The van der Waals surface area contributed by atoms with Crippen LogP contribution in [0.3, 0.4) is 0 Å². The number of amides is 2. The van der Waals surface area contributed by atoms with Gasteiger partial charge in [-0.25, -0.2) is 0 Å². The molecule has 0 aromatic carbocycles. The van der Waals surface area contributed by atoms with E-state index >= 15 is 0 Å². The van der Waals surface area contributed by atoms with Gasteiger partial charge in [0.25, 0.3) is 0 Å². The van der Waals surface area contributed by atoms with E-state index in [1.807, 2.05) is 32.6 Å². The average molecular weight is 280 g/mol. The molecular weight excluding hydrogens is 252 g/mol. The Hall–Kier alpha value is -1.06. The molecule has 0 spiro atoms. The minimum Gasteiger partial charge on any atom is -0.342 e. The van der Waals surface area contributed by atoms with E-state index in [2.05, 4.69) is 5.32 Å². The molecule has 2 atom stereocenters. The van der Waals surface area contributed by atoms with Gasteiger partial charge in [-0.15, -0.1) is 0 Å². The highest BCUT2D eigenvalue weighted by Crippen LogP contribution is 2.34. The van der Waals surface area contributed by atoms with Crippen LogP contribution < -0.4 is 5.32 Å². The molecule has 20 heavy (non-hydrogen) atoms. The summed E-state index contributed by atoms with van der Waals surface area (Å²) in [5, 5.41) is 2.92. The van der Waals surface area contributed by atoms with Crippen molar-refractivity contribution in [3.8, 4) is 0 Å². The summed E-state index contributed by atoms with van der Waals surface area (Å²) in [4.78, 5) is 26.8. The van der Waals surface area contributed by atoms with Crippen molar-refractivity contribution in [3.05, 3.63) is 0 Å². The summed E-state index contributed by atoms with van der Waals surface area (Å²) >= 11 is 0. The van der Waals surface area contributed by atoms with E-state index < -0.39 is 6.04 Å². The van der Waals surface area contributed by atoms with Gasteiger partial charge >= 0.3 is 0 Å². The number of hydrogen-bond donors (Lipinski definition) is 1. The molecule has 1 heterocycles. The van der Waals surface area contributed by atoms with Crippen LogP contribution in [0.1, 0.15) is 59.8 Å². The van der Waals surface area contributed by atoms with Crippen molar-refractivity contribution in [3.63, 3.8) is 0 Å². The van der Waals surface area contributed by atoms with Gasteiger partial charge in [-0.2, -0.15) is 0 Å². The van der Waals surface area contributed by atoms with E-state index in [9.17, 15) is 9.59 Å². The van der Waals surface area contributed by atoms with Crippen LogP contribution in [0.25, 0.3) is 0 Å². The van der Waals surface area contributed by atoms with Crippen LogP contribution in [0.2, 0.25) is 0 Å². The second kappa shape index (κ2) is 5.74. The van der Waals surface area contributed by atoms with Crippen molar-refractivity contribution < 1.29 is 9.59 Å². The molecule has 2 unspecified atom stereocenters. The third kappa shape index (κ3) is 3.33. The highest BCUT2D eigenvalue weighted by molar-refractivity contribution is 5.97. The molecule has 1 aliphatic heterocycles. The third-order valence-electron chi connectivity index (χ3n) is 4.46. The molecule has 114 valence electrons. The van der Waals surface area contributed by atoms with Gasteiger partial charge in [0.15, 0.2) is 0 Å². The molecular formula is C16H28N2O2. The molecule has 4 heteroatoms. The van der Waals surface area contributed by atoms with E-state index in [0.29, 0.717) is 6.42 Å². The molecule has 2 fully saturated rings. The number of hydrogen-bond acceptors (Lipinski definition) is 2. The summed E-state index contributed by atoms with van der Waals surface area (Å²) in [6, 6.07) is -0.668. The highest BCUT2D eigenvalue weighted by Gasteiger charge is 2.44. The Morgan fingerprint density at radius 2 is 1.90 bits per heavy atom. The number of carbonyl (C=O) groups is 2. The van der Waals surface area contributed by atoms with Crippen LogP contribution in [0.15, 0.2) is 0 Å². The Morgan fingerprint density at radius 3 is 2.40 bits per heavy atom. The van der Waals surface area contributed by atoms with Crippen molar-refractivity contribution in [2.45, 2.75) is 71.9 Å². The molecule has 2 aliphatic rings. The van der Waals surface area contributed by atoms with Gasteiger partial charge < -0.3 is 10.2 Å². The normalized spacial score (nSPS) is 27.7. The number of nitrogens with zero attached hydrogens (tertiary/aromatic N) is 1. The standard InChI is InChI=1S/C16H28N2O2/c1-5-12-14(19)17-13(16(2,3)4)15(20)18(12)10-6-7-11-8-9-11/h11-13H,5-10H2,1-4H3,(H,17,19). The Balaban J connectivity index is 2.05. The number of piperazine rings is 1. The largest absolute Gasteiger partial charge is 0.342 e. The van der Waals surface area contributed by atoms with Crippen LogP contribution in [-0.4, -0.2) is 35.3 Å². The van der Waals surface area contributed by atoms with Gasteiger partial charge in [-0.3, -0.25) is 9.59 Å². The smallest absolute Gasteiger partial charge is 0.246 e. The van der Waals surface area contributed by atoms with Crippen molar-refractivity contribution in [2.75, 3.05) is 6.54 Å². The predicted octanol–water partition coefficient (Wildman–Crippen LogP) is 2.33. The molecule has 0 aromatic heterocycles. The lowest BCUT2D eigenvalue weighted by Crippen LogP contribution is -2.66. The summed E-state index contributed by atoms with van der Waals surface area (Å²) in [6.07, 6.45) is 5.60. The van der Waals surface area contributed by atoms with E-state index in [1.54, 1.807) is 0 Å². The lowest BCUT2D eigenvalue weighted by atomic mass is 9.83. The zero-order chi connectivity index (χ0) is 14.9. The first-order valence-electron chi connectivity index (χ1n) is 7.95. The fourth-order valence-corrected chi connectivity index (χ4v) is 2.98. The molecule has 2 rings (SSSR count). The minimum atomic E-state index is -0.390. The first-order valence-corrected chi connectivity index (χ1v) is 7.95. The SMILES string of the molecule is CCC1C(=O)NC(C(C)(C)C)C(=O)N1CCCC1CC1. The van der Waals surface area contributed by atoms with Crippen LogP contribution >= 0.6 is 0 Å². The molecule has 1 saturated carbocycles. The third-order valence-corrected chi connectivity index (χ3v) is 4.46. The maximum Gasteiger partial charge on any atom is 0.246 e. The Kier molecular flexibility index (Phi) is 4.40. The number of carbonyl (C=O) groups excluding carboxylic acids is 2. The summed E-state index contributed by atoms with van der Waals surface area (Å²) in [5.74, 6) is 0.986. The van der Waals surface area contributed by atoms with E-state index in [0.717, 1.165) is 18.9 Å². The van der Waals surface area contributed by atoms with E-state index in [1.165, 1.54) is 19.3 Å². The molecule has 4 nitrogen and oxygen atoms in total. The first kappa shape index (κ1) is 15.3. The van der Waals surface area contributed by atoms with Gasteiger partial charge in [0, 0.05) is 6.54 Å². The second-order valence-corrected chi connectivity index (χ2v) is 7.35. The lowest BCUT2D eigenvalue weighted by molar-refractivity contribution is -0.152. The predicted molar refractivity (Wildman–Crippen MR) is 79.1 cm³/mol. The number of rotatable bonds is 5. The van der Waals surface area contributed by atoms with Crippen molar-refractivity contribution >= 4 is 11.8 Å². The Morgan fingerprint density at radius 1 is 1.25 bits per heavy atom. The molecule has 0 bridgehead atoms. The zero-order valence-corrected chi connectivity index (χ0v) is 13.2. The Labute approximate surface area is 122 Å². The van der Waals surface area contributed by atoms with Gasteiger partial charge in [0.05, 0.1) is 0 Å². The zero-order valence-electron chi connectivity index (χ0n) is 13.2. The maximum absolute atomic E-state index is 12.7. The summed E-state index contributed by atoms with van der Waals surface area (Å²) in [6.45, 7) is 8.72. The van der Waals surface area contributed by atoms with Crippen molar-refractivity contribution in [2.24, 2.45) is 11.3 Å². The quantitative estimate of drug-likeness (QED) is 0.840. The lowest BCUT2D eigenvalue weighted by Gasteiger charge is -2.43. The van der Waals surface area contributed by atoms with Crippen LogP contribution in [0.5, 0.6) is 0 Å². The van der Waals surface area contributed by atoms with Crippen LogP contribution in [0.4, 0.5) is 0 Å². The second-order valence-electron chi connectivity index (χ2n) is 7.35. The van der Waals surface area contributed by atoms with Gasteiger partial charge in [0.1, 0.15) is 12.1 Å². The van der Waals surface area contributed by atoms with E-state index in [4.69, 9.17) is 0 Å². The summed E-state index contributed by atoms with van der Waals surface area (Å²) in [5.41, 5.74) is -0.236. The summed E-state index contributed by atoms with van der Waals surface area (Å²) < 4.78 is 0. The van der Waals surface area contributed by atoms with Crippen LogP contribution in [0, 0.1) is 11.3 Å². The van der Waals surface area contributed by atoms with Gasteiger partial charge in [-0.1, -0.05) is 40.5 Å². The van der Waals surface area contributed by atoms with E-state index in [-0.39, 0.29) is 23.3 Å². The van der Waals surface area contributed by atoms with Gasteiger partial charge in [0.2, 0.25) is 11.8 Å². The van der Waals surface area contributed by atoms with Crippen LogP contribution in [-0.2, 0) is 9.59 Å². The fourth-order valence-electron chi connectivity index (χ4n) is 2.98. The Bertz CT molecular complexity index is 382. The van der Waals surface area contributed by atoms with Gasteiger partial charge in [-0.05, 0) is 30.6 Å². The average Bonchev–Trinajstić information content (AvgIpc) is 3.15. The maximum atomic E-state index is 12.7. The minimum absolute atomic E-state index is 0.0125. The van der Waals surface area contributed by atoms with Crippen molar-refractivity contribution in [1.82, 2.24) is 10.2 Å². The monoisotopic (exact) mass is 280 g/mol. The first-order chi connectivity index (χ1) is 9.34. The van der Waals surface area contributed by atoms with Crippen molar-refractivity contribution in [1.29, 1.82) is 0 Å². The molecule has 1 aliphatic carbocycles. The molecule has 1 N–H and O–H groups in total. The number of nitrogens with one attached hydrogen (secondary N) is 1. The molecule has 2 amide bonds. The molecule has 1 saturated heterocycles. The highest BCUT2D eigenvalue weighted by atomic mass is 16.2. The summed E-state index contributed by atoms with van der Waals surface area (Å²) in [7, 11) is 0. The fraction of sp³-hybridized carbons (Fsp3) is 0.875.